The van der Waals surface area contributed by atoms with Gasteiger partial charge in [-0.25, -0.2) is 0 Å². The molecule has 1 aromatic rings. The molecule has 1 aliphatic rings. The van der Waals surface area contributed by atoms with E-state index in [9.17, 15) is 13.2 Å². The van der Waals surface area contributed by atoms with Gasteiger partial charge in [0.05, 0.1) is 5.02 Å². The summed E-state index contributed by atoms with van der Waals surface area (Å²) >= 11 is 11.7. The molecule has 1 nitrogen and oxygen atoms in total. The molecule has 0 spiro atoms. The van der Waals surface area contributed by atoms with E-state index in [-0.39, 0.29) is 33.0 Å². The molecular weight excluding hydrogens is 288 g/mol. The van der Waals surface area contributed by atoms with Crippen LogP contribution in [0.2, 0.25) is 10.0 Å². The predicted octanol–water partition coefficient (Wildman–Crippen LogP) is 5.11. The van der Waals surface area contributed by atoms with Gasteiger partial charge in [0.15, 0.2) is 0 Å². The van der Waals surface area contributed by atoms with Gasteiger partial charge in [0.25, 0.3) is 0 Å². The average Bonchev–Trinajstić information content (AvgIpc) is 2.38. The van der Waals surface area contributed by atoms with Crippen LogP contribution in [0.3, 0.4) is 0 Å². The SMILES string of the molecule is CC1(C)Oc2c(Cl)cc(Cl)cc2C1=CC(F)(F)F. The Balaban J connectivity index is 2.66. The van der Waals surface area contributed by atoms with Crippen molar-refractivity contribution in [1.29, 1.82) is 0 Å². The maximum atomic E-state index is 12.5. The predicted molar refractivity (Wildman–Crippen MR) is 65.2 cm³/mol. The molecule has 6 heteroatoms. The van der Waals surface area contributed by atoms with Gasteiger partial charge < -0.3 is 4.74 Å². The molecule has 1 aliphatic heterocycles. The first-order chi connectivity index (χ1) is 8.10. The Hall–Kier alpha value is -0.870. The Morgan fingerprint density at radius 3 is 2.39 bits per heavy atom. The molecule has 0 aliphatic carbocycles. The first-order valence-corrected chi connectivity index (χ1v) is 5.84. The fraction of sp³-hybridized carbons (Fsp3) is 0.333. The molecule has 0 bridgehead atoms. The molecule has 0 radical (unpaired) electrons. The van der Waals surface area contributed by atoms with Gasteiger partial charge in [-0.05, 0) is 26.0 Å². The van der Waals surface area contributed by atoms with Gasteiger partial charge in [0, 0.05) is 22.2 Å². The molecule has 0 fully saturated rings. The summed E-state index contributed by atoms with van der Waals surface area (Å²) in [6.07, 6.45) is -4.20. The largest absolute Gasteiger partial charge is 0.481 e. The number of rotatable bonds is 0. The van der Waals surface area contributed by atoms with Gasteiger partial charge in [-0.15, -0.1) is 0 Å². The van der Waals surface area contributed by atoms with Gasteiger partial charge in [-0.1, -0.05) is 23.2 Å². The second-order valence-corrected chi connectivity index (χ2v) is 5.32. The van der Waals surface area contributed by atoms with Crippen molar-refractivity contribution in [1.82, 2.24) is 0 Å². The number of halogens is 5. The third-order valence-corrected chi connectivity index (χ3v) is 3.11. The standard InChI is InChI=1S/C12H9Cl2F3O/c1-11(2)8(5-12(15,16)17)7-3-6(13)4-9(14)10(7)18-11/h3-5H,1-2H3. The fourth-order valence-corrected chi connectivity index (χ4v) is 2.45. The lowest BCUT2D eigenvalue weighted by molar-refractivity contribution is -0.0799. The summed E-state index contributed by atoms with van der Waals surface area (Å²) in [5.74, 6) is 0.238. The van der Waals surface area contributed by atoms with E-state index in [0.717, 1.165) is 0 Å². The van der Waals surface area contributed by atoms with E-state index in [1.165, 1.54) is 12.1 Å². The van der Waals surface area contributed by atoms with Crippen molar-refractivity contribution in [2.24, 2.45) is 0 Å². The smallest absolute Gasteiger partial charge is 0.410 e. The fourth-order valence-electron chi connectivity index (χ4n) is 1.91. The zero-order chi connectivity index (χ0) is 13.7. The van der Waals surface area contributed by atoms with Crippen LogP contribution in [0, 0.1) is 0 Å². The lowest BCUT2D eigenvalue weighted by Crippen LogP contribution is -2.25. The first-order valence-electron chi connectivity index (χ1n) is 5.09. The summed E-state index contributed by atoms with van der Waals surface area (Å²) < 4.78 is 43.1. The molecule has 98 valence electrons. The highest BCUT2D eigenvalue weighted by Gasteiger charge is 2.40. The van der Waals surface area contributed by atoms with E-state index in [0.29, 0.717) is 0 Å². The second-order valence-electron chi connectivity index (χ2n) is 4.48. The number of alkyl halides is 3. The summed E-state index contributed by atoms with van der Waals surface area (Å²) in [4.78, 5) is 0. The molecule has 1 aromatic carbocycles. The molecule has 0 amide bonds. The molecular formula is C12H9Cl2F3O. The van der Waals surface area contributed by atoms with E-state index in [1.807, 2.05) is 0 Å². The van der Waals surface area contributed by atoms with Gasteiger partial charge in [-0.3, -0.25) is 0 Å². The van der Waals surface area contributed by atoms with Crippen LogP contribution in [0.4, 0.5) is 13.2 Å². The van der Waals surface area contributed by atoms with Crippen LogP contribution >= 0.6 is 23.2 Å². The minimum atomic E-state index is -4.42. The van der Waals surface area contributed by atoms with Crippen LogP contribution in [0.1, 0.15) is 19.4 Å². The summed E-state index contributed by atoms with van der Waals surface area (Å²) in [6.45, 7) is 3.10. The Morgan fingerprint density at radius 2 is 1.83 bits per heavy atom. The Kier molecular flexibility index (Phi) is 3.06. The lowest BCUT2D eigenvalue weighted by Gasteiger charge is -2.20. The number of hydrogen-bond donors (Lipinski definition) is 0. The van der Waals surface area contributed by atoms with Crippen molar-refractivity contribution in [3.8, 4) is 5.75 Å². The third kappa shape index (κ3) is 2.45. The molecule has 1 heterocycles. The van der Waals surface area contributed by atoms with Gasteiger partial charge in [-0.2, -0.15) is 13.2 Å². The van der Waals surface area contributed by atoms with E-state index < -0.39 is 11.8 Å². The van der Waals surface area contributed by atoms with Crippen LogP contribution in [-0.4, -0.2) is 11.8 Å². The van der Waals surface area contributed by atoms with Crippen molar-refractivity contribution >= 4 is 28.8 Å². The zero-order valence-electron chi connectivity index (χ0n) is 9.53. The minimum Gasteiger partial charge on any atom is -0.481 e. The number of benzene rings is 1. The highest BCUT2D eigenvalue weighted by atomic mass is 35.5. The molecule has 0 unspecified atom stereocenters. The Morgan fingerprint density at radius 1 is 1.22 bits per heavy atom. The van der Waals surface area contributed by atoms with E-state index in [4.69, 9.17) is 27.9 Å². The minimum absolute atomic E-state index is 0.0226. The van der Waals surface area contributed by atoms with Crippen molar-refractivity contribution in [2.75, 3.05) is 0 Å². The second kappa shape index (κ2) is 4.07. The molecule has 0 saturated carbocycles. The summed E-state index contributed by atoms with van der Waals surface area (Å²) in [5.41, 5.74) is -0.782. The highest BCUT2D eigenvalue weighted by Crippen LogP contribution is 2.49. The lowest BCUT2D eigenvalue weighted by atomic mass is 9.93. The number of hydrogen-bond acceptors (Lipinski definition) is 1. The summed E-state index contributed by atoms with van der Waals surface area (Å²) in [6, 6.07) is 2.86. The summed E-state index contributed by atoms with van der Waals surface area (Å²) in [7, 11) is 0. The van der Waals surface area contributed by atoms with Crippen molar-refractivity contribution in [2.45, 2.75) is 25.6 Å². The first kappa shape index (κ1) is 13.6. The monoisotopic (exact) mass is 296 g/mol. The van der Waals surface area contributed by atoms with E-state index in [2.05, 4.69) is 0 Å². The van der Waals surface area contributed by atoms with Crippen molar-refractivity contribution < 1.29 is 17.9 Å². The molecule has 0 aromatic heterocycles. The molecule has 0 atom stereocenters. The van der Waals surface area contributed by atoms with Crippen LogP contribution in [0.25, 0.3) is 5.57 Å². The molecule has 18 heavy (non-hydrogen) atoms. The topological polar surface area (TPSA) is 9.23 Å². The van der Waals surface area contributed by atoms with Gasteiger partial charge >= 0.3 is 6.18 Å². The number of fused-ring (bicyclic) bond motifs is 1. The van der Waals surface area contributed by atoms with Gasteiger partial charge in [0.1, 0.15) is 11.4 Å². The number of ether oxygens (including phenoxy) is 1. The van der Waals surface area contributed by atoms with Gasteiger partial charge in [0.2, 0.25) is 0 Å². The van der Waals surface area contributed by atoms with Crippen LogP contribution in [0.5, 0.6) is 5.75 Å². The summed E-state index contributed by atoms with van der Waals surface area (Å²) in [5, 5.41) is 0.476. The number of allylic oxidation sites excluding steroid dienone is 1. The third-order valence-electron chi connectivity index (χ3n) is 2.61. The molecule has 0 N–H and O–H groups in total. The molecule has 2 rings (SSSR count). The highest BCUT2D eigenvalue weighted by molar-refractivity contribution is 6.36. The average molecular weight is 297 g/mol. The van der Waals surface area contributed by atoms with Crippen LogP contribution in [0.15, 0.2) is 18.2 Å². The zero-order valence-corrected chi connectivity index (χ0v) is 11.0. The van der Waals surface area contributed by atoms with Crippen LogP contribution in [-0.2, 0) is 0 Å². The Labute approximate surface area is 112 Å². The quantitative estimate of drug-likeness (QED) is 0.646. The molecule has 0 saturated heterocycles. The Bertz CT molecular complexity index is 533. The maximum absolute atomic E-state index is 12.5. The van der Waals surface area contributed by atoms with E-state index >= 15 is 0 Å². The maximum Gasteiger partial charge on any atom is 0.410 e. The van der Waals surface area contributed by atoms with Crippen molar-refractivity contribution in [3.05, 3.63) is 33.8 Å². The van der Waals surface area contributed by atoms with Crippen LogP contribution < -0.4 is 4.74 Å². The van der Waals surface area contributed by atoms with Crippen molar-refractivity contribution in [3.63, 3.8) is 0 Å². The van der Waals surface area contributed by atoms with E-state index in [1.54, 1.807) is 13.8 Å². The normalized spacial score (nSPS) is 19.8.